The molecule has 20 heavy (non-hydrogen) atoms. The van der Waals surface area contributed by atoms with Gasteiger partial charge in [-0.25, -0.2) is 9.97 Å². The molecule has 1 aliphatic heterocycles. The van der Waals surface area contributed by atoms with Gasteiger partial charge in [-0.15, -0.1) is 0 Å². The van der Waals surface area contributed by atoms with E-state index in [1.54, 1.807) is 6.33 Å². The lowest BCUT2D eigenvalue weighted by atomic mass is 10.2. The largest absolute Gasteiger partial charge is 0.354 e. The number of hydrogen-bond donors (Lipinski definition) is 0. The van der Waals surface area contributed by atoms with E-state index >= 15 is 0 Å². The Bertz CT molecular complexity index is 633. The van der Waals surface area contributed by atoms with E-state index in [9.17, 15) is 0 Å². The van der Waals surface area contributed by atoms with Crippen molar-refractivity contribution in [1.82, 2.24) is 19.7 Å². The summed E-state index contributed by atoms with van der Waals surface area (Å²) in [5.41, 5.74) is 3.87. The summed E-state index contributed by atoms with van der Waals surface area (Å²) in [7, 11) is 0. The van der Waals surface area contributed by atoms with Crippen LogP contribution in [0, 0.1) is 6.92 Å². The molecule has 1 fully saturated rings. The van der Waals surface area contributed by atoms with Crippen LogP contribution < -0.4 is 4.90 Å². The van der Waals surface area contributed by atoms with Crippen LogP contribution in [-0.4, -0.2) is 32.8 Å². The second kappa shape index (κ2) is 4.58. The predicted octanol–water partition coefficient (Wildman–Crippen LogP) is 1.92. The number of nitrogens with zero attached hydrogens (tertiary/aromatic N) is 5. The Hall–Kier alpha value is -1.91. The minimum atomic E-state index is 0.468. The molecular weight excluding hydrogens is 250 g/mol. The topological polar surface area (TPSA) is 46.8 Å². The summed E-state index contributed by atoms with van der Waals surface area (Å²) in [5.74, 6) is 1.17. The van der Waals surface area contributed by atoms with Crippen molar-refractivity contribution in [2.75, 3.05) is 18.0 Å². The molecule has 4 rings (SSSR count). The maximum absolute atomic E-state index is 4.55. The molecule has 5 nitrogen and oxygen atoms in total. The molecule has 104 valence electrons. The average molecular weight is 269 g/mol. The van der Waals surface area contributed by atoms with Crippen LogP contribution in [0.15, 0.2) is 18.7 Å². The van der Waals surface area contributed by atoms with Crippen LogP contribution in [0.4, 0.5) is 5.82 Å². The molecule has 1 atom stereocenters. The van der Waals surface area contributed by atoms with Crippen LogP contribution in [0.25, 0.3) is 0 Å². The van der Waals surface area contributed by atoms with E-state index in [2.05, 4.69) is 37.8 Å². The highest BCUT2D eigenvalue weighted by atomic mass is 15.3. The highest BCUT2D eigenvalue weighted by Crippen LogP contribution is 2.32. The monoisotopic (exact) mass is 269 g/mol. The normalized spacial score (nSPS) is 21.4. The van der Waals surface area contributed by atoms with Crippen LogP contribution in [0.3, 0.4) is 0 Å². The van der Waals surface area contributed by atoms with Gasteiger partial charge >= 0.3 is 0 Å². The fourth-order valence-corrected chi connectivity index (χ4v) is 3.40. The molecule has 0 radical (unpaired) electrons. The van der Waals surface area contributed by atoms with E-state index in [0.29, 0.717) is 6.04 Å². The summed E-state index contributed by atoms with van der Waals surface area (Å²) in [6.45, 7) is 4.16. The Morgan fingerprint density at radius 2 is 2.20 bits per heavy atom. The van der Waals surface area contributed by atoms with Crippen LogP contribution in [0.1, 0.15) is 35.7 Å². The van der Waals surface area contributed by atoms with Crippen LogP contribution in [-0.2, 0) is 12.8 Å². The van der Waals surface area contributed by atoms with Crippen molar-refractivity contribution in [3.05, 3.63) is 35.5 Å². The molecule has 0 amide bonds. The van der Waals surface area contributed by atoms with Gasteiger partial charge in [-0.2, -0.15) is 5.10 Å². The highest BCUT2D eigenvalue weighted by molar-refractivity contribution is 5.51. The van der Waals surface area contributed by atoms with Crippen LogP contribution in [0.5, 0.6) is 0 Å². The maximum atomic E-state index is 4.55. The third-order valence-corrected chi connectivity index (χ3v) is 4.42. The number of hydrogen-bond acceptors (Lipinski definition) is 4. The van der Waals surface area contributed by atoms with Crippen molar-refractivity contribution >= 4 is 5.82 Å². The molecule has 2 aromatic heterocycles. The third-order valence-electron chi connectivity index (χ3n) is 4.42. The Kier molecular flexibility index (Phi) is 2.72. The lowest BCUT2D eigenvalue weighted by Crippen LogP contribution is -2.23. The molecule has 0 aromatic carbocycles. The molecule has 0 bridgehead atoms. The zero-order valence-corrected chi connectivity index (χ0v) is 11.8. The van der Waals surface area contributed by atoms with Gasteiger partial charge in [0.2, 0.25) is 0 Å². The molecule has 1 aliphatic carbocycles. The molecule has 2 aliphatic rings. The van der Waals surface area contributed by atoms with E-state index in [4.69, 9.17) is 0 Å². The molecule has 3 heterocycles. The third kappa shape index (κ3) is 1.88. The molecule has 0 saturated carbocycles. The van der Waals surface area contributed by atoms with Gasteiger partial charge in [0.15, 0.2) is 0 Å². The number of aromatic nitrogens is 4. The van der Waals surface area contributed by atoms with E-state index in [-0.39, 0.29) is 0 Å². The number of aryl methyl sites for hydroxylation is 2. The number of anilines is 1. The molecule has 0 spiro atoms. The lowest BCUT2D eigenvalue weighted by molar-refractivity contribution is 0.494. The maximum Gasteiger partial charge on any atom is 0.135 e. The van der Waals surface area contributed by atoms with Crippen molar-refractivity contribution < 1.29 is 0 Å². The van der Waals surface area contributed by atoms with Gasteiger partial charge in [-0.05, 0) is 38.2 Å². The standard InChI is InChI=1S/C15H19N5/c1-11-7-18-20(8-11)12-5-6-19(9-12)15-13-3-2-4-14(13)16-10-17-15/h7-8,10,12H,2-6,9H2,1H3. The second-order valence-corrected chi connectivity index (χ2v) is 5.86. The zero-order valence-electron chi connectivity index (χ0n) is 11.8. The summed E-state index contributed by atoms with van der Waals surface area (Å²) < 4.78 is 2.11. The molecule has 1 saturated heterocycles. The zero-order chi connectivity index (χ0) is 13.5. The van der Waals surface area contributed by atoms with E-state index in [1.165, 1.54) is 29.1 Å². The fraction of sp³-hybridized carbons (Fsp3) is 0.533. The van der Waals surface area contributed by atoms with Gasteiger partial charge in [0, 0.05) is 30.5 Å². The van der Waals surface area contributed by atoms with Crippen molar-refractivity contribution in [3.63, 3.8) is 0 Å². The minimum absolute atomic E-state index is 0.468. The van der Waals surface area contributed by atoms with Crippen molar-refractivity contribution in [2.24, 2.45) is 0 Å². The Labute approximate surface area is 118 Å². The van der Waals surface area contributed by atoms with Gasteiger partial charge in [-0.3, -0.25) is 4.68 Å². The van der Waals surface area contributed by atoms with Gasteiger partial charge in [-0.1, -0.05) is 0 Å². The summed E-state index contributed by atoms with van der Waals surface area (Å²) in [6.07, 6.45) is 10.4. The van der Waals surface area contributed by atoms with Gasteiger partial charge in [0.25, 0.3) is 0 Å². The average Bonchev–Trinajstić information content (AvgIpc) is 3.17. The lowest BCUT2D eigenvalue weighted by Gasteiger charge is -2.20. The van der Waals surface area contributed by atoms with Crippen LogP contribution >= 0.6 is 0 Å². The first-order valence-electron chi connectivity index (χ1n) is 7.40. The van der Waals surface area contributed by atoms with Crippen LogP contribution in [0.2, 0.25) is 0 Å². The fourth-order valence-electron chi connectivity index (χ4n) is 3.40. The Balaban J connectivity index is 1.58. The number of rotatable bonds is 2. The summed E-state index contributed by atoms with van der Waals surface area (Å²) >= 11 is 0. The van der Waals surface area contributed by atoms with Gasteiger partial charge < -0.3 is 4.90 Å². The quantitative estimate of drug-likeness (QED) is 0.835. The van der Waals surface area contributed by atoms with Crippen molar-refractivity contribution in [1.29, 1.82) is 0 Å². The Morgan fingerprint density at radius 3 is 3.05 bits per heavy atom. The molecule has 0 N–H and O–H groups in total. The minimum Gasteiger partial charge on any atom is -0.354 e. The summed E-state index contributed by atoms with van der Waals surface area (Å²) in [6, 6.07) is 0.468. The smallest absolute Gasteiger partial charge is 0.135 e. The van der Waals surface area contributed by atoms with Crippen molar-refractivity contribution in [2.45, 2.75) is 38.6 Å². The summed E-state index contributed by atoms with van der Waals surface area (Å²) in [5, 5.41) is 4.46. The molecular formula is C15H19N5. The van der Waals surface area contributed by atoms with E-state index in [0.717, 1.165) is 32.4 Å². The van der Waals surface area contributed by atoms with Gasteiger partial charge in [0.1, 0.15) is 12.1 Å². The second-order valence-electron chi connectivity index (χ2n) is 5.86. The first-order chi connectivity index (χ1) is 9.81. The molecule has 1 unspecified atom stereocenters. The van der Waals surface area contributed by atoms with Crippen molar-refractivity contribution in [3.8, 4) is 0 Å². The summed E-state index contributed by atoms with van der Waals surface area (Å²) in [4.78, 5) is 11.4. The van der Waals surface area contributed by atoms with E-state index < -0.39 is 0 Å². The highest BCUT2D eigenvalue weighted by Gasteiger charge is 2.28. The van der Waals surface area contributed by atoms with E-state index in [1.807, 2.05) is 6.20 Å². The Morgan fingerprint density at radius 1 is 1.25 bits per heavy atom. The number of fused-ring (bicyclic) bond motifs is 1. The SMILES string of the molecule is Cc1cnn(C2CCN(c3ncnc4c3CCC4)C2)c1. The molecule has 5 heteroatoms. The molecule has 2 aromatic rings. The first-order valence-corrected chi connectivity index (χ1v) is 7.40. The van der Waals surface area contributed by atoms with Gasteiger partial charge in [0.05, 0.1) is 12.2 Å². The first kappa shape index (κ1) is 11.9. The predicted molar refractivity (Wildman–Crippen MR) is 76.9 cm³/mol.